The summed E-state index contributed by atoms with van der Waals surface area (Å²) in [6.45, 7) is 3.72. The second-order valence-corrected chi connectivity index (χ2v) is 4.80. The Morgan fingerprint density at radius 2 is 2.45 bits per heavy atom. The van der Waals surface area contributed by atoms with Gasteiger partial charge in [0.05, 0.1) is 18.2 Å². The van der Waals surface area contributed by atoms with Crippen molar-refractivity contribution in [3.63, 3.8) is 0 Å². The molecule has 1 aromatic rings. The fourth-order valence-electron chi connectivity index (χ4n) is 2.16. The molecule has 1 amide bonds. The molecule has 2 atom stereocenters. The van der Waals surface area contributed by atoms with E-state index in [-0.39, 0.29) is 18.6 Å². The predicted molar refractivity (Wildman–Crippen MR) is 76.0 cm³/mol. The summed E-state index contributed by atoms with van der Waals surface area (Å²) >= 11 is 0. The molecule has 5 heteroatoms. The van der Waals surface area contributed by atoms with Gasteiger partial charge in [0.15, 0.2) is 0 Å². The second kappa shape index (κ2) is 7.04. The Kier molecular flexibility index (Phi) is 5.10. The molecule has 1 saturated heterocycles. The van der Waals surface area contributed by atoms with Crippen molar-refractivity contribution in [2.24, 2.45) is 11.7 Å². The van der Waals surface area contributed by atoms with E-state index in [0.717, 1.165) is 13.0 Å². The van der Waals surface area contributed by atoms with Crippen LogP contribution in [0, 0.1) is 17.8 Å². The van der Waals surface area contributed by atoms with Gasteiger partial charge in [-0.1, -0.05) is 11.8 Å². The van der Waals surface area contributed by atoms with E-state index < -0.39 is 0 Å². The molecular formula is C15H19N3O2. The SMILES string of the molecule is CC1OCCC1CNC(=O)c1cncc(C#CCN)c1. The van der Waals surface area contributed by atoms with Gasteiger partial charge in [-0.3, -0.25) is 9.78 Å². The Labute approximate surface area is 118 Å². The highest BCUT2D eigenvalue weighted by Crippen LogP contribution is 2.19. The first kappa shape index (κ1) is 14.5. The fourth-order valence-corrected chi connectivity index (χ4v) is 2.16. The minimum atomic E-state index is -0.131. The van der Waals surface area contributed by atoms with Crippen LogP contribution >= 0.6 is 0 Å². The summed E-state index contributed by atoms with van der Waals surface area (Å²) in [5.41, 5.74) is 6.53. The number of ether oxygens (including phenoxy) is 1. The molecule has 0 spiro atoms. The molecule has 20 heavy (non-hydrogen) atoms. The monoisotopic (exact) mass is 273 g/mol. The third-order valence-corrected chi connectivity index (χ3v) is 3.39. The van der Waals surface area contributed by atoms with E-state index in [1.54, 1.807) is 12.3 Å². The minimum Gasteiger partial charge on any atom is -0.378 e. The summed E-state index contributed by atoms with van der Waals surface area (Å²) in [7, 11) is 0. The van der Waals surface area contributed by atoms with E-state index in [1.165, 1.54) is 6.20 Å². The summed E-state index contributed by atoms with van der Waals surface area (Å²) in [6, 6.07) is 1.72. The van der Waals surface area contributed by atoms with E-state index in [9.17, 15) is 4.79 Å². The van der Waals surface area contributed by atoms with Crippen molar-refractivity contribution in [1.82, 2.24) is 10.3 Å². The van der Waals surface area contributed by atoms with Gasteiger partial charge in [-0.25, -0.2) is 0 Å². The zero-order valence-corrected chi connectivity index (χ0v) is 11.6. The Morgan fingerprint density at radius 3 is 3.15 bits per heavy atom. The number of pyridine rings is 1. The molecule has 0 saturated carbocycles. The van der Waals surface area contributed by atoms with Crippen molar-refractivity contribution in [2.45, 2.75) is 19.4 Å². The predicted octanol–water partition coefficient (Wildman–Crippen LogP) is 0.547. The second-order valence-electron chi connectivity index (χ2n) is 4.80. The zero-order chi connectivity index (χ0) is 14.4. The Balaban J connectivity index is 1.95. The third kappa shape index (κ3) is 3.80. The molecule has 106 valence electrons. The quantitative estimate of drug-likeness (QED) is 0.788. The molecule has 0 aromatic carbocycles. The van der Waals surface area contributed by atoms with Crippen molar-refractivity contribution >= 4 is 5.91 Å². The average molecular weight is 273 g/mol. The number of nitrogens with zero attached hydrogens (tertiary/aromatic N) is 1. The van der Waals surface area contributed by atoms with Crippen molar-refractivity contribution in [1.29, 1.82) is 0 Å². The average Bonchev–Trinajstić information content (AvgIpc) is 2.88. The number of hydrogen-bond donors (Lipinski definition) is 2. The van der Waals surface area contributed by atoms with Gasteiger partial charge in [0, 0.05) is 37.0 Å². The normalized spacial score (nSPS) is 21.1. The van der Waals surface area contributed by atoms with Gasteiger partial charge < -0.3 is 15.8 Å². The van der Waals surface area contributed by atoms with Gasteiger partial charge in [0.1, 0.15) is 0 Å². The number of carbonyl (C=O) groups excluding carboxylic acids is 1. The van der Waals surface area contributed by atoms with Crippen molar-refractivity contribution in [3.8, 4) is 11.8 Å². The first-order valence-corrected chi connectivity index (χ1v) is 6.74. The van der Waals surface area contributed by atoms with Gasteiger partial charge in [0.25, 0.3) is 5.91 Å². The van der Waals surface area contributed by atoms with Crippen molar-refractivity contribution in [2.75, 3.05) is 19.7 Å². The molecule has 2 heterocycles. The molecule has 3 N–H and O–H groups in total. The molecule has 0 aliphatic carbocycles. The summed E-state index contributed by atoms with van der Waals surface area (Å²) in [5, 5.41) is 2.92. The van der Waals surface area contributed by atoms with E-state index >= 15 is 0 Å². The molecule has 1 aromatic heterocycles. The van der Waals surface area contributed by atoms with Crippen molar-refractivity contribution < 1.29 is 9.53 Å². The lowest BCUT2D eigenvalue weighted by Gasteiger charge is -2.14. The minimum absolute atomic E-state index is 0.131. The molecule has 2 unspecified atom stereocenters. The molecule has 0 radical (unpaired) electrons. The highest BCUT2D eigenvalue weighted by atomic mass is 16.5. The van der Waals surface area contributed by atoms with Crippen LogP contribution in [0.15, 0.2) is 18.5 Å². The third-order valence-electron chi connectivity index (χ3n) is 3.39. The molecule has 1 aliphatic rings. The van der Waals surface area contributed by atoms with E-state index in [4.69, 9.17) is 10.5 Å². The standard InChI is InChI=1S/C15H19N3O2/c1-11-13(4-6-20-11)10-18-15(19)14-7-12(3-2-5-16)8-17-9-14/h7-9,11,13H,4-6,10,16H2,1H3,(H,18,19). The number of nitrogens with two attached hydrogens (primary N) is 1. The van der Waals surface area contributed by atoms with Crippen LogP contribution in [-0.4, -0.2) is 36.7 Å². The number of rotatable bonds is 3. The number of nitrogens with one attached hydrogen (secondary N) is 1. The van der Waals surface area contributed by atoms with Gasteiger partial charge in [-0.2, -0.15) is 0 Å². The zero-order valence-electron chi connectivity index (χ0n) is 11.6. The Morgan fingerprint density at radius 1 is 1.60 bits per heavy atom. The Bertz CT molecular complexity index is 533. The van der Waals surface area contributed by atoms with Crippen LogP contribution in [0.25, 0.3) is 0 Å². The van der Waals surface area contributed by atoms with Crippen LogP contribution in [0.2, 0.25) is 0 Å². The number of aromatic nitrogens is 1. The maximum Gasteiger partial charge on any atom is 0.252 e. The van der Waals surface area contributed by atoms with Gasteiger partial charge >= 0.3 is 0 Å². The lowest BCUT2D eigenvalue weighted by atomic mass is 10.0. The van der Waals surface area contributed by atoms with Crippen LogP contribution in [0.3, 0.4) is 0 Å². The van der Waals surface area contributed by atoms with E-state index in [0.29, 0.717) is 23.6 Å². The number of hydrogen-bond acceptors (Lipinski definition) is 4. The lowest BCUT2D eigenvalue weighted by molar-refractivity contribution is 0.0907. The molecule has 0 bridgehead atoms. The van der Waals surface area contributed by atoms with E-state index in [2.05, 4.69) is 22.1 Å². The maximum atomic E-state index is 12.1. The maximum absolute atomic E-state index is 12.1. The summed E-state index contributed by atoms with van der Waals surface area (Å²) in [6.07, 6.45) is 4.35. The molecule has 1 aliphatic heterocycles. The summed E-state index contributed by atoms with van der Waals surface area (Å²) in [5.74, 6) is 5.86. The van der Waals surface area contributed by atoms with Gasteiger partial charge in [0.2, 0.25) is 0 Å². The lowest BCUT2D eigenvalue weighted by Crippen LogP contribution is -2.32. The molecule has 1 fully saturated rings. The molecule has 5 nitrogen and oxygen atoms in total. The number of carbonyl (C=O) groups is 1. The topological polar surface area (TPSA) is 77.2 Å². The summed E-state index contributed by atoms with van der Waals surface area (Å²) in [4.78, 5) is 16.1. The van der Waals surface area contributed by atoms with Crippen LogP contribution < -0.4 is 11.1 Å². The van der Waals surface area contributed by atoms with Crippen LogP contribution in [0.1, 0.15) is 29.3 Å². The van der Waals surface area contributed by atoms with Crippen LogP contribution in [-0.2, 0) is 4.74 Å². The first-order chi connectivity index (χ1) is 9.70. The molecule has 2 rings (SSSR count). The summed E-state index contributed by atoms with van der Waals surface area (Å²) < 4.78 is 5.47. The highest BCUT2D eigenvalue weighted by Gasteiger charge is 2.24. The van der Waals surface area contributed by atoms with Crippen LogP contribution in [0.4, 0.5) is 0 Å². The highest BCUT2D eigenvalue weighted by molar-refractivity contribution is 5.94. The smallest absolute Gasteiger partial charge is 0.252 e. The van der Waals surface area contributed by atoms with Crippen LogP contribution in [0.5, 0.6) is 0 Å². The molecular weight excluding hydrogens is 254 g/mol. The number of amides is 1. The fraction of sp³-hybridized carbons (Fsp3) is 0.467. The van der Waals surface area contributed by atoms with Crippen molar-refractivity contribution in [3.05, 3.63) is 29.6 Å². The van der Waals surface area contributed by atoms with E-state index in [1.807, 2.05) is 6.92 Å². The van der Waals surface area contributed by atoms with Gasteiger partial charge in [-0.15, -0.1) is 0 Å². The van der Waals surface area contributed by atoms with Gasteiger partial charge in [-0.05, 0) is 19.4 Å². The largest absolute Gasteiger partial charge is 0.378 e. The first-order valence-electron chi connectivity index (χ1n) is 6.74. The Hall–Kier alpha value is -1.90.